The second-order valence-electron chi connectivity index (χ2n) is 5.37. The number of piperidine rings is 1. The van der Waals surface area contributed by atoms with Crippen LogP contribution >= 0.6 is 11.3 Å². The number of hydrogen-bond acceptors (Lipinski definition) is 5. The number of fused-ring (bicyclic) bond motifs is 1. The van der Waals surface area contributed by atoms with Crippen molar-refractivity contribution in [1.82, 2.24) is 20.2 Å². The van der Waals surface area contributed by atoms with Crippen LogP contribution in [0.2, 0.25) is 0 Å². The van der Waals surface area contributed by atoms with E-state index >= 15 is 0 Å². The molecule has 1 saturated heterocycles. The van der Waals surface area contributed by atoms with Crippen LogP contribution in [-0.4, -0.2) is 40.9 Å². The Morgan fingerprint density at radius 1 is 1.48 bits per heavy atom. The van der Waals surface area contributed by atoms with Crippen LogP contribution in [0.5, 0.6) is 0 Å². The van der Waals surface area contributed by atoms with Crippen LogP contribution in [-0.2, 0) is 11.3 Å². The predicted octanol–water partition coefficient (Wildman–Crippen LogP) is 0.943. The van der Waals surface area contributed by atoms with Crippen molar-refractivity contribution in [3.63, 3.8) is 0 Å². The van der Waals surface area contributed by atoms with E-state index in [1.807, 2.05) is 11.4 Å². The molecule has 0 atom stereocenters. The van der Waals surface area contributed by atoms with Crippen LogP contribution in [0.4, 0.5) is 0 Å². The lowest BCUT2D eigenvalue weighted by molar-refractivity contribution is -0.135. The van der Waals surface area contributed by atoms with Gasteiger partial charge in [-0.05, 0) is 37.4 Å². The Labute approximate surface area is 126 Å². The van der Waals surface area contributed by atoms with Crippen molar-refractivity contribution >= 4 is 27.5 Å². The number of nitrogens with one attached hydrogen (secondary N) is 2. The first-order valence-corrected chi connectivity index (χ1v) is 7.95. The van der Waals surface area contributed by atoms with Crippen molar-refractivity contribution in [2.24, 2.45) is 5.92 Å². The second-order valence-corrected chi connectivity index (χ2v) is 6.28. The number of hydrogen-bond donors (Lipinski definition) is 2. The summed E-state index contributed by atoms with van der Waals surface area (Å²) in [4.78, 5) is 33.1. The minimum absolute atomic E-state index is 0.0767. The molecule has 2 aromatic rings. The van der Waals surface area contributed by atoms with Gasteiger partial charge in [-0.3, -0.25) is 9.59 Å². The van der Waals surface area contributed by atoms with Crippen molar-refractivity contribution in [3.8, 4) is 0 Å². The van der Waals surface area contributed by atoms with Crippen LogP contribution in [0.3, 0.4) is 0 Å². The monoisotopic (exact) mass is 306 g/mol. The first-order chi connectivity index (χ1) is 10.1. The molecule has 1 amide bonds. The van der Waals surface area contributed by atoms with Gasteiger partial charge in [0.25, 0.3) is 5.56 Å². The lowest BCUT2D eigenvalue weighted by Gasteiger charge is -2.26. The van der Waals surface area contributed by atoms with E-state index in [-0.39, 0.29) is 17.4 Å². The lowest BCUT2D eigenvalue weighted by Crippen LogP contribution is -2.39. The van der Waals surface area contributed by atoms with E-state index in [2.05, 4.69) is 15.3 Å². The minimum atomic E-state index is -0.132. The normalized spacial score (nSPS) is 16.2. The first-order valence-electron chi connectivity index (χ1n) is 7.07. The van der Waals surface area contributed by atoms with Crippen molar-refractivity contribution in [1.29, 1.82) is 0 Å². The molecule has 3 rings (SSSR count). The zero-order valence-electron chi connectivity index (χ0n) is 11.9. The van der Waals surface area contributed by atoms with Crippen molar-refractivity contribution in [2.45, 2.75) is 19.4 Å². The SMILES string of the molecule is CN(Cc1nc2ccsc2c(=O)[nH]1)C(=O)C1CCNCC1. The van der Waals surface area contributed by atoms with Crippen LogP contribution in [0.25, 0.3) is 10.2 Å². The Kier molecular flexibility index (Phi) is 4.03. The molecule has 0 aromatic carbocycles. The van der Waals surface area contributed by atoms with Gasteiger partial charge < -0.3 is 15.2 Å². The molecule has 0 spiro atoms. The van der Waals surface area contributed by atoms with Gasteiger partial charge in [-0.25, -0.2) is 4.98 Å². The highest BCUT2D eigenvalue weighted by molar-refractivity contribution is 7.17. The standard InChI is InChI=1S/C14H18N4O2S/c1-18(14(20)9-2-5-15-6-3-9)8-11-16-10-4-7-21-12(10)13(19)17-11/h4,7,9,15H,2-3,5-6,8H2,1H3,(H,16,17,19). The minimum Gasteiger partial charge on any atom is -0.338 e. The smallest absolute Gasteiger partial charge is 0.268 e. The zero-order chi connectivity index (χ0) is 14.8. The molecule has 1 fully saturated rings. The molecule has 112 valence electrons. The Bertz CT molecular complexity index is 702. The summed E-state index contributed by atoms with van der Waals surface area (Å²) in [6, 6.07) is 1.83. The van der Waals surface area contributed by atoms with E-state index in [0.29, 0.717) is 22.6 Å². The Balaban J connectivity index is 1.74. The summed E-state index contributed by atoms with van der Waals surface area (Å²) in [6.07, 6.45) is 1.74. The fraction of sp³-hybridized carbons (Fsp3) is 0.500. The fourth-order valence-corrected chi connectivity index (χ4v) is 3.41. The van der Waals surface area contributed by atoms with Crippen molar-refractivity contribution in [3.05, 3.63) is 27.6 Å². The van der Waals surface area contributed by atoms with Crippen molar-refractivity contribution < 1.29 is 4.79 Å². The van der Waals surface area contributed by atoms with Gasteiger partial charge in [0.2, 0.25) is 5.91 Å². The fourth-order valence-electron chi connectivity index (χ4n) is 2.68. The van der Waals surface area contributed by atoms with E-state index in [1.54, 1.807) is 11.9 Å². The highest BCUT2D eigenvalue weighted by Crippen LogP contribution is 2.17. The summed E-state index contributed by atoms with van der Waals surface area (Å²) >= 11 is 1.38. The molecule has 0 radical (unpaired) electrons. The van der Waals surface area contributed by atoms with Crippen molar-refractivity contribution in [2.75, 3.05) is 20.1 Å². The van der Waals surface area contributed by atoms with Gasteiger partial charge in [0.15, 0.2) is 0 Å². The van der Waals surface area contributed by atoms with Gasteiger partial charge >= 0.3 is 0 Å². The summed E-state index contributed by atoms with van der Waals surface area (Å²) in [5.74, 6) is 0.744. The summed E-state index contributed by atoms with van der Waals surface area (Å²) < 4.78 is 0.631. The highest BCUT2D eigenvalue weighted by atomic mass is 32.1. The Morgan fingerprint density at radius 3 is 3.00 bits per heavy atom. The molecule has 3 heterocycles. The molecular formula is C14H18N4O2S. The lowest BCUT2D eigenvalue weighted by atomic mass is 9.97. The number of thiophene rings is 1. The number of carbonyl (C=O) groups excluding carboxylic acids is 1. The summed E-state index contributed by atoms with van der Waals surface area (Å²) in [5, 5.41) is 5.10. The number of aromatic amines is 1. The van der Waals surface area contributed by atoms with E-state index in [4.69, 9.17) is 0 Å². The van der Waals surface area contributed by atoms with Crippen LogP contribution in [0, 0.1) is 5.92 Å². The molecule has 0 saturated carbocycles. The second kappa shape index (κ2) is 5.95. The maximum absolute atomic E-state index is 12.4. The molecule has 0 unspecified atom stereocenters. The number of H-pyrrole nitrogens is 1. The maximum Gasteiger partial charge on any atom is 0.268 e. The number of rotatable bonds is 3. The van der Waals surface area contributed by atoms with Gasteiger partial charge in [-0.1, -0.05) is 0 Å². The summed E-state index contributed by atoms with van der Waals surface area (Å²) in [6.45, 7) is 2.12. The van der Waals surface area contributed by atoms with Crippen LogP contribution < -0.4 is 10.9 Å². The molecule has 1 aliphatic rings. The molecule has 2 N–H and O–H groups in total. The molecule has 2 aromatic heterocycles. The molecule has 21 heavy (non-hydrogen) atoms. The first kappa shape index (κ1) is 14.2. The molecule has 0 aliphatic carbocycles. The predicted molar refractivity (Wildman–Crippen MR) is 82.3 cm³/mol. The number of aromatic nitrogens is 2. The average molecular weight is 306 g/mol. The topological polar surface area (TPSA) is 78.1 Å². The molecule has 1 aliphatic heterocycles. The molecule has 6 nitrogen and oxygen atoms in total. The van der Waals surface area contributed by atoms with Gasteiger partial charge in [-0.2, -0.15) is 0 Å². The summed E-state index contributed by atoms with van der Waals surface area (Å²) in [5.41, 5.74) is 0.564. The Hall–Kier alpha value is -1.73. The van der Waals surface area contributed by atoms with Gasteiger partial charge in [0.05, 0.1) is 12.1 Å². The largest absolute Gasteiger partial charge is 0.338 e. The van der Waals surface area contributed by atoms with Gasteiger partial charge in [0.1, 0.15) is 10.5 Å². The van der Waals surface area contributed by atoms with E-state index in [1.165, 1.54) is 11.3 Å². The van der Waals surface area contributed by atoms with Crippen LogP contribution in [0.1, 0.15) is 18.7 Å². The number of amides is 1. The van der Waals surface area contributed by atoms with Gasteiger partial charge in [0, 0.05) is 13.0 Å². The third kappa shape index (κ3) is 2.98. The average Bonchev–Trinajstić information content (AvgIpc) is 2.96. The van der Waals surface area contributed by atoms with Gasteiger partial charge in [-0.15, -0.1) is 11.3 Å². The Morgan fingerprint density at radius 2 is 2.24 bits per heavy atom. The summed E-state index contributed by atoms with van der Waals surface area (Å²) in [7, 11) is 1.77. The van der Waals surface area contributed by atoms with E-state index < -0.39 is 0 Å². The maximum atomic E-state index is 12.4. The third-order valence-corrected chi connectivity index (χ3v) is 4.72. The number of carbonyl (C=O) groups is 1. The third-order valence-electron chi connectivity index (χ3n) is 3.82. The number of nitrogens with zero attached hydrogens (tertiary/aromatic N) is 2. The highest BCUT2D eigenvalue weighted by Gasteiger charge is 2.24. The van der Waals surface area contributed by atoms with E-state index in [0.717, 1.165) is 25.9 Å². The molecule has 0 bridgehead atoms. The van der Waals surface area contributed by atoms with E-state index in [9.17, 15) is 9.59 Å². The van der Waals surface area contributed by atoms with Crippen LogP contribution in [0.15, 0.2) is 16.2 Å². The molecule has 7 heteroatoms. The molecular weight excluding hydrogens is 288 g/mol. The zero-order valence-corrected chi connectivity index (χ0v) is 12.7. The quantitative estimate of drug-likeness (QED) is 0.885.